The molecule has 0 fully saturated rings. The molecule has 0 saturated carbocycles. The maximum atomic E-state index is 12.0. The van der Waals surface area contributed by atoms with Crippen molar-refractivity contribution >= 4 is 23.3 Å². The average Bonchev–Trinajstić information content (AvgIpc) is 2.92. The number of carbonyl (C=O) groups is 2. The zero-order valence-electron chi connectivity index (χ0n) is 14.0. The minimum absolute atomic E-state index is 0.201. The Balaban J connectivity index is 2.43. The van der Waals surface area contributed by atoms with Crippen LogP contribution in [0, 0.1) is 6.92 Å². The van der Waals surface area contributed by atoms with E-state index in [0.717, 1.165) is 11.3 Å². The van der Waals surface area contributed by atoms with Crippen LogP contribution in [0.15, 0.2) is 18.2 Å². The largest absolute Gasteiger partial charge is 0.504 e. The van der Waals surface area contributed by atoms with Crippen molar-refractivity contribution in [3.05, 3.63) is 28.6 Å². The molecule has 0 atom stereocenters. The van der Waals surface area contributed by atoms with Gasteiger partial charge in [-0.05, 0) is 37.6 Å². The highest BCUT2D eigenvalue weighted by atomic mass is 32.1. The average molecular weight is 366 g/mol. The number of hydrogen-bond acceptors (Lipinski definition) is 8. The maximum absolute atomic E-state index is 12.0. The van der Waals surface area contributed by atoms with Crippen LogP contribution in [-0.2, 0) is 14.3 Å². The highest BCUT2D eigenvalue weighted by Gasteiger charge is 2.24. The molecule has 8 heteroatoms. The standard InChI is InChI=1S/C17H18O7S/c1-4-23-13(20)8-24-14-9(2)15(25-16(14)17(21)22-3)10-5-6-11(18)12(19)7-10/h5-7,18-19H,4,8H2,1-3H3. The second kappa shape index (κ2) is 7.89. The number of hydrogen-bond donors (Lipinski definition) is 2. The Bertz CT molecular complexity index is 795. The zero-order chi connectivity index (χ0) is 18.6. The second-order valence-electron chi connectivity index (χ2n) is 5.00. The van der Waals surface area contributed by atoms with Gasteiger partial charge in [0.1, 0.15) is 5.75 Å². The minimum atomic E-state index is -0.596. The second-order valence-corrected chi connectivity index (χ2v) is 6.02. The van der Waals surface area contributed by atoms with E-state index in [1.165, 1.54) is 19.2 Å². The first-order valence-corrected chi connectivity index (χ1v) is 8.23. The number of thiophene rings is 1. The smallest absolute Gasteiger partial charge is 0.351 e. The van der Waals surface area contributed by atoms with Crippen molar-refractivity contribution in [2.45, 2.75) is 13.8 Å². The lowest BCUT2D eigenvalue weighted by Crippen LogP contribution is -2.15. The van der Waals surface area contributed by atoms with Crippen LogP contribution < -0.4 is 4.74 Å². The van der Waals surface area contributed by atoms with Gasteiger partial charge in [-0.2, -0.15) is 0 Å². The van der Waals surface area contributed by atoms with E-state index < -0.39 is 11.9 Å². The lowest BCUT2D eigenvalue weighted by Gasteiger charge is -2.08. The molecular weight excluding hydrogens is 348 g/mol. The van der Waals surface area contributed by atoms with E-state index in [4.69, 9.17) is 14.2 Å². The van der Waals surface area contributed by atoms with Crippen molar-refractivity contribution in [3.63, 3.8) is 0 Å². The topological polar surface area (TPSA) is 102 Å². The zero-order valence-corrected chi connectivity index (χ0v) is 14.8. The quantitative estimate of drug-likeness (QED) is 0.598. The fraction of sp³-hybridized carbons (Fsp3) is 0.294. The lowest BCUT2D eigenvalue weighted by atomic mass is 10.1. The summed E-state index contributed by atoms with van der Waals surface area (Å²) in [5.74, 6) is -1.44. The van der Waals surface area contributed by atoms with Gasteiger partial charge in [0.05, 0.1) is 13.7 Å². The third-order valence-corrected chi connectivity index (χ3v) is 4.64. The summed E-state index contributed by atoms with van der Waals surface area (Å²) in [5, 5.41) is 19.1. The molecule has 0 bridgehead atoms. The molecule has 0 aliphatic carbocycles. The van der Waals surface area contributed by atoms with Gasteiger partial charge in [-0.3, -0.25) is 0 Å². The molecular formula is C17H18O7S. The molecule has 0 unspecified atom stereocenters. The van der Waals surface area contributed by atoms with Crippen molar-refractivity contribution in [1.82, 2.24) is 0 Å². The van der Waals surface area contributed by atoms with E-state index in [-0.39, 0.29) is 35.3 Å². The molecule has 0 aliphatic heterocycles. The predicted octanol–water partition coefficient (Wildman–Crippen LogP) is 2.86. The van der Waals surface area contributed by atoms with E-state index in [0.29, 0.717) is 16.0 Å². The number of aromatic hydroxyl groups is 2. The fourth-order valence-corrected chi connectivity index (χ4v) is 3.34. The van der Waals surface area contributed by atoms with Gasteiger partial charge >= 0.3 is 11.9 Å². The molecule has 1 aromatic heterocycles. The van der Waals surface area contributed by atoms with E-state index in [1.807, 2.05) is 0 Å². The summed E-state index contributed by atoms with van der Waals surface area (Å²) in [7, 11) is 1.25. The van der Waals surface area contributed by atoms with Crippen molar-refractivity contribution < 1.29 is 34.0 Å². The van der Waals surface area contributed by atoms with Gasteiger partial charge in [0.25, 0.3) is 0 Å². The summed E-state index contributed by atoms with van der Waals surface area (Å²) < 4.78 is 15.1. The Morgan fingerprint density at radius 1 is 1.20 bits per heavy atom. The van der Waals surface area contributed by atoms with Crippen LogP contribution in [0.1, 0.15) is 22.2 Å². The summed E-state index contributed by atoms with van der Waals surface area (Å²) in [6, 6.07) is 4.33. The summed E-state index contributed by atoms with van der Waals surface area (Å²) >= 11 is 1.11. The third kappa shape index (κ3) is 4.03. The molecule has 1 aromatic carbocycles. The number of methoxy groups -OCH3 is 1. The van der Waals surface area contributed by atoms with Crippen molar-refractivity contribution in [1.29, 1.82) is 0 Å². The van der Waals surface area contributed by atoms with Gasteiger partial charge in [-0.25, -0.2) is 9.59 Å². The molecule has 0 spiro atoms. The highest BCUT2D eigenvalue weighted by molar-refractivity contribution is 7.18. The van der Waals surface area contributed by atoms with Gasteiger partial charge in [0, 0.05) is 10.4 Å². The first-order valence-electron chi connectivity index (χ1n) is 7.41. The number of rotatable bonds is 6. The lowest BCUT2D eigenvalue weighted by molar-refractivity contribution is -0.145. The first kappa shape index (κ1) is 18.6. The SMILES string of the molecule is CCOC(=O)COc1c(C(=O)OC)sc(-c2ccc(O)c(O)c2)c1C. The Morgan fingerprint density at radius 2 is 1.92 bits per heavy atom. The van der Waals surface area contributed by atoms with Gasteiger partial charge in [-0.15, -0.1) is 11.3 Å². The number of phenolic OH excluding ortho intramolecular Hbond substituents is 2. The molecule has 0 aliphatic rings. The molecule has 2 aromatic rings. The molecule has 134 valence electrons. The molecule has 0 saturated heterocycles. The fourth-order valence-electron chi connectivity index (χ4n) is 2.17. The molecule has 7 nitrogen and oxygen atoms in total. The summed E-state index contributed by atoms with van der Waals surface area (Å²) in [5.41, 5.74) is 1.20. The molecule has 1 heterocycles. The van der Waals surface area contributed by atoms with E-state index in [1.54, 1.807) is 19.9 Å². The first-order chi connectivity index (χ1) is 11.9. The monoisotopic (exact) mass is 366 g/mol. The number of ether oxygens (including phenoxy) is 3. The third-order valence-electron chi connectivity index (χ3n) is 3.34. The van der Waals surface area contributed by atoms with Crippen LogP contribution in [0.5, 0.6) is 17.2 Å². The Kier molecular flexibility index (Phi) is 5.87. The number of benzene rings is 1. The Labute approximate surface area is 148 Å². The van der Waals surface area contributed by atoms with Crippen molar-refractivity contribution in [2.75, 3.05) is 20.3 Å². The summed E-state index contributed by atoms with van der Waals surface area (Å²) in [4.78, 5) is 24.4. The van der Waals surface area contributed by atoms with Gasteiger partial charge in [-0.1, -0.05) is 0 Å². The van der Waals surface area contributed by atoms with Crippen LogP contribution >= 0.6 is 11.3 Å². The minimum Gasteiger partial charge on any atom is -0.504 e. The Morgan fingerprint density at radius 3 is 2.52 bits per heavy atom. The number of phenols is 2. The van der Waals surface area contributed by atoms with Gasteiger partial charge in [0.2, 0.25) is 0 Å². The van der Waals surface area contributed by atoms with Crippen LogP contribution in [0.25, 0.3) is 10.4 Å². The molecule has 0 amide bonds. The highest BCUT2D eigenvalue weighted by Crippen LogP contribution is 2.43. The van der Waals surface area contributed by atoms with E-state index in [2.05, 4.69) is 0 Å². The van der Waals surface area contributed by atoms with Gasteiger partial charge < -0.3 is 24.4 Å². The molecule has 0 radical (unpaired) electrons. The van der Waals surface area contributed by atoms with Gasteiger partial charge in [0.15, 0.2) is 23.0 Å². The Hall–Kier alpha value is -2.74. The maximum Gasteiger partial charge on any atom is 0.351 e. The molecule has 25 heavy (non-hydrogen) atoms. The normalized spacial score (nSPS) is 10.4. The van der Waals surface area contributed by atoms with E-state index >= 15 is 0 Å². The van der Waals surface area contributed by atoms with Crippen LogP contribution in [0.3, 0.4) is 0 Å². The van der Waals surface area contributed by atoms with Crippen LogP contribution in [0.4, 0.5) is 0 Å². The molecule has 2 rings (SSSR count). The van der Waals surface area contributed by atoms with Crippen LogP contribution in [0.2, 0.25) is 0 Å². The van der Waals surface area contributed by atoms with Crippen molar-refractivity contribution in [3.8, 4) is 27.7 Å². The van der Waals surface area contributed by atoms with Crippen molar-refractivity contribution in [2.24, 2.45) is 0 Å². The summed E-state index contributed by atoms with van der Waals surface area (Å²) in [6.45, 7) is 3.30. The van der Waals surface area contributed by atoms with E-state index in [9.17, 15) is 19.8 Å². The van der Waals surface area contributed by atoms with Crippen LogP contribution in [-0.4, -0.2) is 42.5 Å². The number of carbonyl (C=O) groups excluding carboxylic acids is 2. The summed E-state index contributed by atoms with van der Waals surface area (Å²) in [6.07, 6.45) is 0. The molecule has 2 N–H and O–H groups in total. The number of esters is 2. The predicted molar refractivity (Wildman–Crippen MR) is 91.3 cm³/mol.